The van der Waals surface area contributed by atoms with Gasteiger partial charge in [-0.2, -0.15) is 0 Å². The van der Waals surface area contributed by atoms with Crippen LogP contribution in [-0.2, 0) is 32.7 Å². The number of rotatable bonds is 40. The molecule has 56 heavy (non-hydrogen) atoms. The van der Waals surface area contributed by atoms with E-state index in [1.54, 1.807) is 0 Å². The van der Waals surface area contributed by atoms with Crippen LogP contribution in [-0.4, -0.2) is 76.9 Å². The van der Waals surface area contributed by atoms with E-state index in [1.807, 2.05) is 18.2 Å². The molecular formula is C44H79O11P. The number of hydrogen-bond donors (Lipinski definition) is 4. The maximum atomic E-state index is 12.6. The highest BCUT2D eigenvalue weighted by Crippen LogP contribution is 2.43. The van der Waals surface area contributed by atoms with Gasteiger partial charge in [-0.15, -0.1) is 0 Å². The smallest absolute Gasteiger partial charge is 0.462 e. The number of unbranched alkanes of at least 4 members (excludes halogenated alkanes) is 15. The zero-order chi connectivity index (χ0) is 41.4. The lowest BCUT2D eigenvalue weighted by atomic mass is 10.0. The second-order valence-corrected chi connectivity index (χ2v) is 16.0. The van der Waals surface area contributed by atoms with E-state index in [-0.39, 0.29) is 25.6 Å². The average molecular weight is 815 g/mol. The van der Waals surface area contributed by atoms with Crippen LogP contribution in [0.4, 0.5) is 0 Å². The Morgan fingerprint density at radius 3 is 1.59 bits per heavy atom. The minimum Gasteiger partial charge on any atom is -0.462 e. The highest BCUT2D eigenvalue weighted by atomic mass is 31.2. The van der Waals surface area contributed by atoms with Crippen LogP contribution in [0.15, 0.2) is 48.6 Å². The summed E-state index contributed by atoms with van der Waals surface area (Å²) in [5.41, 5.74) is 0. The Hall–Kier alpha value is -2.11. The lowest BCUT2D eigenvalue weighted by Crippen LogP contribution is -2.29. The largest absolute Gasteiger partial charge is 0.472 e. The van der Waals surface area contributed by atoms with Crippen molar-refractivity contribution in [2.24, 2.45) is 0 Å². The van der Waals surface area contributed by atoms with Gasteiger partial charge in [-0.3, -0.25) is 18.6 Å². The number of ether oxygens (including phenoxy) is 2. The topological polar surface area (TPSA) is 169 Å². The number of carbonyl (C=O) groups is 2. The first-order valence-corrected chi connectivity index (χ1v) is 23.2. The molecule has 12 heteroatoms. The summed E-state index contributed by atoms with van der Waals surface area (Å²) in [6.45, 7) is 2.11. The summed E-state index contributed by atoms with van der Waals surface area (Å²) in [4.78, 5) is 34.9. The summed E-state index contributed by atoms with van der Waals surface area (Å²) >= 11 is 0. The van der Waals surface area contributed by atoms with E-state index >= 15 is 0 Å². The SMILES string of the molecule is CCCCCCCCCCCCCCCCCC(=O)O[C@H](COC(=O)CCC/C=C\C/C=C\C/C=C\C/C=C\CC(O)CCC)COP(=O)(O)OC[C@@H](O)CO. The third kappa shape index (κ3) is 38.7. The van der Waals surface area contributed by atoms with Crippen LogP contribution in [0.25, 0.3) is 0 Å². The van der Waals surface area contributed by atoms with Gasteiger partial charge < -0.3 is 29.7 Å². The molecule has 0 aromatic rings. The Morgan fingerprint density at radius 1 is 0.571 bits per heavy atom. The molecule has 0 amide bonds. The molecule has 0 saturated carbocycles. The van der Waals surface area contributed by atoms with E-state index in [2.05, 4.69) is 48.8 Å². The van der Waals surface area contributed by atoms with Crippen LogP contribution >= 0.6 is 7.82 Å². The Morgan fingerprint density at radius 2 is 1.05 bits per heavy atom. The average Bonchev–Trinajstić information content (AvgIpc) is 3.18. The van der Waals surface area contributed by atoms with Crippen LogP contribution in [0.3, 0.4) is 0 Å². The van der Waals surface area contributed by atoms with Crippen molar-refractivity contribution in [2.75, 3.05) is 26.4 Å². The summed E-state index contributed by atoms with van der Waals surface area (Å²) in [6.07, 6.45) is 38.6. The minimum atomic E-state index is -4.64. The molecule has 0 radical (unpaired) electrons. The van der Waals surface area contributed by atoms with E-state index in [4.69, 9.17) is 19.1 Å². The van der Waals surface area contributed by atoms with Crippen LogP contribution in [0.2, 0.25) is 0 Å². The van der Waals surface area contributed by atoms with Crippen LogP contribution in [0.1, 0.15) is 174 Å². The van der Waals surface area contributed by atoms with Crippen molar-refractivity contribution in [3.8, 4) is 0 Å². The number of aliphatic hydroxyl groups is 3. The Balaban J connectivity index is 4.40. The Bertz CT molecular complexity index is 1090. The number of esters is 2. The van der Waals surface area contributed by atoms with E-state index in [1.165, 1.54) is 70.6 Å². The third-order valence-corrected chi connectivity index (χ3v) is 9.99. The first kappa shape index (κ1) is 53.9. The molecule has 0 aliphatic heterocycles. The number of carbonyl (C=O) groups excluding carboxylic acids is 2. The standard InChI is InChI=1S/C44H79O11P/c1-3-5-6-7-8-9-10-11-12-15-19-22-25-28-31-35-44(49)55-42(39-54-56(50,51)53-37-41(47)36-45)38-52-43(48)34-30-27-24-21-18-16-13-14-17-20-23-26-29-33-40(46)32-4-2/h13,16-17,20-21,24,26,29,40-42,45-47H,3-12,14-15,18-19,22-23,25,27-28,30-39H2,1-2H3,(H,50,51)/b16-13-,20-17-,24-21-,29-26-/t40?,41-,42+/m0/s1. The van der Waals surface area contributed by atoms with Gasteiger partial charge in [0.05, 0.1) is 25.9 Å². The van der Waals surface area contributed by atoms with Crippen molar-refractivity contribution in [1.29, 1.82) is 0 Å². The third-order valence-electron chi connectivity index (χ3n) is 9.04. The first-order chi connectivity index (χ1) is 27.1. The van der Waals surface area contributed by atoms with E-state index in [0.717, 1.165) is 51.4 Å². The second kappa shape index (κ2) is 39.7. The molecule has 4 N–H and O–H groups in total. The minimum absolute atomic E-state index is 0.151. The summed E-state index contributed by atoms with van der Waals surface area (Å²) in [5.74, 6) is -1.01. The van der Waals surface area contributed by atoms with Crippen molar-refractivity contribution in [3.63, 3.8) is 0 Å². The van der Waals surface area contributed by atoms with Gasteiger partial charge >= 0.3 is 19.8 Å². The summed E-state index contributed by atoms with van der Waals surface area (Å²) in [5, 5.41) is 28.0. The molecule has 0 fully saturated rings. The molecule has 0 saturated heterocycles. The van der Waals surface area contributed by atoms with Gasteiger partial charge in [0.15, 0.2) is 6.10 Å². The molecule has 326 valence electrons. The molecular weight excluding hydrogens is 735 g/mol. The predicted octanol–water partition coefficient (Wildman–Crippen LogP) is 10.3. The van der Waals surface area contributed by atoms with E-state index < -0.39 is 51.8 Å². The fourth-order valence-electron chi connectivity index (χ4n) is 5.71. The maximum absolute atomic E-state index is 12.6. The molecule has 0 spiro atoms. The summed E-state index contributed by atoms with van der Waals surface area (Å²) in [6, 6.07) is 0. The number of aliphatic hydroxyl groups excluding tert-OH is 3. The monoisotopic (exact) mass is 815 g/mol. The van der Waals surface area contributed by atoms with Gasteiger partial charge in [-0.25, -0.2) is 4.57 Å². The van der Waals surface area contributed by atoms with Crippen molar-refractivity contribution in [3.05, 3.63) is 48.6 Å². The van der Waals surface area contributed by atoms with Gasteiger partial charge in [0.1, 0.15) is 12.7 Å². The van der Waals surface area contributed by atoms with Gasteiger partial charge in [0.25, 0.3) is 0 Å². The van der Waals surface area contributed by atoms with Gasteiger partial charge in [0, 0.05) is 12.8 Å². The normalized spacial score (nSPS) is 14.9. The fraction of sp³-hybridized carbons (Fsp3) is 0.773. The van der Waals surface area contributed by atoms with E-state index in [9.17, 15) is 29.3 Å². The Kier molecular flexibility index (Phi) is 38.2. The highest BCUT2D eigenvalue weighted by molar-refractivity contribution is 7.47. The molecule has 0 bridgehead atoms. The van der Waals surface area contributed by atoms with Crippen LogP contribution in [0, 0.1) is 0 Å². The number of phosphoric ester groups is 1. The molecule has 4 atom stereocenters. The number of phosphoric acid groups is 1. The number of hydrogen-bond acceptors (Lipinski definition) is 10. The lowest BCUT2D eigenvalue weighted by Gasteiger charge is -2.20. The van der Waals surface area contributed by atoms with Crippen molar-refractivity contribution in [1.82, 2.24) is 0 Å². The van der Waals surface area contributed by atoms with Crippen molar-refractivity contribution < 1.29 is 52.9 Å². The number of allylic oxidation sites excluding steroid dienone is 7. The molecule has 0 aliphatic carbocycles. The van der Waals surface area contributed by atoms with E-state index in [0.29, 0.717) is 25.7 Å². The lowest BCUT2D eigenvalue weighted by molar-refractivity contribution is -0.161. The fourth-order valence-corrected chi connectivity index (χ4v) is 6.50. The van der Waals surface area contributed by atoms with Crippen LogP contribution < -0.4 is 0 Å². The molecule has 0 rings (SSSR count). The molecule has 0 aromatic carbocycles. The highest BCUT2D eigenvalue weighted by Gasteiger charge is 2.27. The van der Waals surface area contributed by atoms with Gasteiger partial charge in [-0.05, 0) is 51.4 Å². The molecule has 0 aromatic heterocycles. The summed E-state index contributed by atoms with van der Waals surface area (Å²) < 4.78 is 32.6. The molecule has 0 aliphatic rings. The van der Waals surface area contributed by atoms with Gasteiger partial charge in [0.2, 0.25) is 0 Å². The van der Waals surface area contributed by atoms with Crippen molar-refractivity contribution >= 4 is 19.8 Å². The summed E-state index contributed by atoms with van der Waals surface area (Å²) in [7, 11) is -4.64. The maximum Gasteiger partial charge on any atom is 0.472 e. The van der Waals surface area contributed by atoms with Crippen LogP contribution in [0.5, 0.6) is 0 Å². The van der Waals surface area contributed by atoms with Gasteiger partial charge in [-0.1, -0.05) is 159 Å². The van der Waals surface area contributed by atoms with Crippen molar-refractivity contribution in [2.45, 2.75) is 193 Å². The zero-order valence-corrected chi connectivity index (χ0v) is 35.8. The quantitative estimate of drug-likeness (QED) is 0.0201. The first-order valence-electron chi connectivity index (χ1n) is 21.7. The zero-order valence-electron chi connectivity index (χ0n) is 35.0. The predicted molar refractivity (Wildman–Crippen MR) is 225 cm³/mol. The second-order valence-electron chi connectivity index (χ2n) is 14.6. The molecule has 2 unspecified atom stereocenters. The molecule has 0 heterocycles. The molecule has 11 nitrogen and oxygen atoms in total. The Labute approximate surface area is 339 Å².